The Morgan fingerprint density at radius 1 is 0.905 bits per heavy atom. The molecular formula is C33H40ClN3O5. The molecule has 3 aromatic carbocycles. The lowest BCUT2D eigenvalue weighted by Crippen LogP contribution is -2.21. The number of non-ortho nitro benzene ring substituents is 1. The number of anilines is 2. The van der Waals surface area contributed by atoms with E-state index in [-0.39, 0.29) is 39.4 Å². The predicted octanol–water partition coefficient (Wildman–Crippen LogP) is 8.67. The fraction of sp³-hybridized carbons (Fsp3) is 0.394. The Morgan fingerprint density at radius 2 is 1.57 bits per heavy atom. The van der Waals surface area contributed by atoms with Crippen molar-refractivity contribution in [1.82, 2.24) is 0 Å². The highest BCUT2D eigenvalue weighted by Gasteiger charge is 2.26. The summed E-state index contributed by atoms with van der Waals surface area (Å²) in [6, 6.07) is 16.5. The fourth-order valence-electron chi connectivity index (χ4n) is 4.27. The topological polar surface area (TPSA) is 111 Å². The van der Waals surface area contributed by atoms with Crippen LogP contribution in [0.5, 0.6) is 5.75 Å². The number of hydrogen-bond donors (Lipinski definition) is 2. The van der Waals surface area contributed by atoms with E-state index in [1.54, 1.807) is 18.2 Å². The molecule has 2 N–H and O–H groups in total. The lowest BCUT2D eigenvalue weighted by molar-refractivity contribution is -0.384. The first kappa shape index (κ1) is 32.6. The van der Waals surface area contributed by atoms with Gasteiger partial charge in [-0.1, -0.05) is 65.3 Å². The molecular weight excluding hydrogens is 554 g/mol. The first-order valence-electron chi connectivity index (χ1n) is 14.2. The number of nitrogens with zero attached hydrogens (tertiary/aromatic N) is 1. The highest BCUT2D eigenvalue weighted by atomic mass is 35.5. The monoisotopic (exact) mass is 593 g/mol. The minimum Gasteiger partial charge on any atom is -0.493 e. The van der Waals surface area contributed by atoms with Gasteiger partial charge in [-0.2, -0.15) is 0 Å². The van der Waals surface area contributed by atoms with Crippen LogP contribution in [0.25, 0.3) is 0 Å². The SMILES string of the molecule is CCC(C)(C)c1ccc(OCCCC(=O)Nc2ccc(Cl)c(NC(=O)c3ccc([N+](=O)[O-])cc3)c2)c(C(C)(C)CC)c1. The molecule has 0 aliphatic heterocycles. The van der Waals surface area contributed by atoms with Gasteiger partial charge < -0.3 is 15.4 Å². The largest absolute Gasteiger partial charge is 0.493 e. The van der Waals surface area contributed by atoms with Crippen molar-refractivity contribution in [2.45, 2.75) is 78.1 Å². The number of rotatable bonds is 13. The van der Waals surface area contributed by atoms with Crippen LogP contribution in [-0.2, 0) is 15.6 Å². The maximum Gasteiger partial charge on any atom is 0.269 e. The molecule has 3 aromatic rings. The third-order valence-electron chi connectivity index (χ3n) is 7.90. The molecule has 0 unspecified atom stereocenters. The summed E-state index contributed by atoms with van der Waals surface area (Å²) < 4.78 is 6.19. The molecule has 3 rings (SSSR count). The molecule has 0 atom stereocenters. The average molecular weight is 594 g/mol. The van der Waals surface area contributed by atoms with Crippen molar-refractivity contribution in [3.63, 3.8) is 0 Å². The molecule has 0 aliphatic rings. The highest BCUT2D eigenvalue weighted by molar-refractivity contribution is 6.34. The van der Waals surface area contributed by atoms with E-state index >= 15 is 0 Å². The van der Waals surface area contributed by atoms with Gasteiger partial charge in [0.1, 0.15) is 5.75 Å². The van der Waals surface area contributed by atoms with Crippen molar-refractivity contribution in [2.75, 3.05) is 17.2 Å². The molecule has 0 saturated heterocycles. The van der Waals surface area contributed by atoms with Gasteiger partial charge in [0.2, 0.25) is 5.91 Å². The number of nitro benzene ring substituents is 1. The Kier molecular flexibility index (Phi) is 10.7. The van der Waals surface area contributed by atoms with Gasteiger partial charge in [0, 0.05) is 35.4 Å². The summed E-state index contributed by atoms with van der Waals surface area (Å²) in [6.07, 6.45) is 2.78. The summed E-state index contributed by atoms with van der Waals surface area (Å²) in [5.41, 5.74) is 3.40. The van der Waals surface area contributed by atoms with Crippen molar-refractivity contribution < 1.29 is 19.2 Å². The Morgan fingerprint density at radius 3 is 2.19 bits per heavy atom. The second-order valence-corrected chi connectivity index (χ2v) is 12.0. The number of carbonyl (C=O) groups is 2. The van der Waals surface area contributed by atoms with Gasteiger partial charge >= 0.3 is 0 Å². The average Bonchev–Trinajstić information content (AvgIpc) is 2.97. The van der Waals surface area contributed by atoms with E-state index in [0.717, 1.165) is 18.6 Å². The summed E-state index contributed by atoms with van der Waals surface area (Å²) in [6.45, 7) is 13.7. The van der Waals surface area contributed by atoms with E-state index in [9.17, 15) is 19.7 Å². The number of carbonyl (C=O) groups excluding carboxylic acids is 2. The maximum atomic E-state index is 12.7. The summed E-state index contributed by atoms with van der Waals surface area (Å²) in [7, 11) is 0. The smallest absolute Gasteiger partial charge is 0.269 e. The molecule has 0 saturated carbocycles. The van der Waals surface area contributed by atoms with E-state index < -0.39 is 10.8 Å². The Balaban J connectivity index is 1.59. The van der Waals surface area contributed by atoms with Crippen LogP contribution in [-0.4, -0.2) is 23.3 Å². The van der Waals surface area contributed by atoms with Gasteiger partial charge in [-0.25, -0.2) is 0 Å². The van der Waals surface area contributed by atoms with Crippen LogP contribution in [0.2, 0.25) is 5.02 Å². The maximum absolute atomic E-state index is 12.7. The van der Waals surface area contributed by atoms with Crippen LogP contribution in [0.4, 0.5) is 17.1 Å². The van der Waals surface area contributed by atoms with Crippen molar-refractivity contribution in [1.29, 1.82) is 0 Å². The number of ether oxygens (including phenoxy) is 1. The summed E-state index contributed by atoms with van der Waals surface area (Å²) in [5, 5.41) is 16.7. The molecule has 0 spiro atoms. The van der Waals surface area contributed by atoms with E-state index in [4.69, 9.17) is 16.3 Å². The molecule has 0 aromatic heterocycles. The normalized spacial score (nSPS) is 11.6. The number of amides is 2. The van der Waals surface area contributed by atoms with Gasteiger partial charge in [-0.05, 0) is 72.1 Å². The predicted molar refractivity (Wildman–Crippen MR) is 169 cm³/mol. The second kappa shape index (κ2) is 13.8. The van der Waals surface area contributed by atoms with Crippen LogP contribution in [0.15, 0.2) is 60.7 Å². The van der Waals surface area contributed by atoms with Crippen molar-refractivity contribution in [3.8, 4) is 5.75 Å². The van der Waals surface area contributed by atoms with Crippen LogP contribution < -0.4 is 15.4 Å². The Labute approximate surface area is 253 Å². The summed E-state index contributed by atoms with van der Waals surface area (Å²) in [4.78, 5) is 35.6. The fourth-order valence-corrected chi connectivity index (χ4v) is 4.43. The Bertz CT molecular complexity index is 1430. The minimum atomic E-state index is -0.535. The highest BCUT2D eigenvalue weighted by Crippen LogP contribution is 2.38. The Hall–Kier alpha value is -3.91. The van der Waals surface area contributed by atoms with Crippen LogP contribution in [0.3, 0.4) is 0 Å². The number of hydrogen-bond acceptors (Lipinski definition) is 5. The molecule has 0 aliphatic carbocycles. The third kappa shape index (κ3) is 8.32. The zero-order valence-corrected chi connectivity index (χ0v) is 25.9. The summed E-state index contributed by atoms with van der Waals surface area (Å²) in [5.74, 6) is 0.177. The molecule has 9 heteroatoms. The van der Waals surface area contributed by atoms with E-state index in [0.29, 0.717) is 24.4 Å². The van der Waals surface area contributed by atoms with Gasteiger partial charge in [0.05, 0.1) is 22.2 Å². The number of halogens is 1. The zero-order valence-electron chi connectivity index (χ0n) is 25.2. The molecule has 0 fully saturated rings. The van der Waals surface area contributed by atoms with E-state index in [1.807, 2.05) is 0 Å². The molecule has 42 heavy (non-hydrogen) atoms. The second-order valence-electron chi connectivity index (χ2n) is 11.6. The first-order valence-corrected chi connectivity index (χ1v) is 14.6. The van der Waals surface area contributed by atoms with Crippen LogP contribution in [0, 0.1) is 10.1 Å². The number of benzene rings is 3. The summed E-state index contributed by atoms with van der Waals surface area (Å²) >= 11 is 6.26. The zero-order chi connectivity index (χ0) is 31.1. The van der Waals surface area contributed by atoms with Gasteiger partial charge in [0.15, 0.2) is 0 Å². The van der Waals surface area contributed by atoms with Crippen molar-refractivity contribution >= 4 is 40.5 Å². The van der Waals surface area contributed by atoms with Gasteiger partial charge in [-0.15, -0.1) is 0 Å². The van der Waals surface area contributed by atoms with E-state index in [1.165, 1.54) is 35.4 Å². The molecule has 0 heterocycles. The lowest BCUT2D eigenvalue weighted by atomic mass is 9.76. The van der Waals surface area contributed by atoms with Gasteiger partial charge in [0.25, 0.3) is 11.6 Å². The van der Waals surface area contributed by atoms with Crippen molar-refractivity contribution in [3.05, 3.63) is 92.5 Å². The molecule has 0 bridgehead atoms. The molecule has 0 radical (unpaired) electrons. The quantitative estimate of drug-likeness (QED) is 0.117. The first-order chi connectivity index (χ1) is 19.8. The number of nitrogens with one attached hydrogen (secondary N) is 2. The van der Waals surface area contributed by atoms with Crippen LogP contribution >= 0.6 is 11.6 Å². The van der Waals surface area contributed by atoms with Crippen molar-refractivity contribution in [2.24, 2.45) is 0 Å². The standard InChI is InChI=1S/C33H40ClN3O5/c1-7-32(3,4)23-13-18-29(26(20-23)33(5,6)8-2)42-19-9-10-30(38)35-24-14-17-27(34)28(21-24)36-31(39)22-11-15-25(16-12-22)37(40)41/h11-18,20-21H,7-10,19H2,1-6H3,(H,35,38)(H,36,39). The van der Waals surface area contributed by atoms with Gasteiger partial charge in [-0.3, -0.25) is 19.7 Å². The lowest BCUT2D eigenvalue weighted by Gasteiger charge is -2.30. The van der Waals surface area contributed by atoms with Crippen LogP contribution in [0.1, 0.15) is 88.7 Å². The van der Waals surface area contributed by atoms with E-state index in [2.05, 4.69) is 70.4 Å². The molecule has 8 nitrogen and oxygen atoms in total. The number of nitro groups is 1. The molecule has 224 valence electrons. The minimum absolute atomic E-state index is 0.0489. The third-order valence-corrected chi connectivity index (χ3v) is 8.23. The molecule has 2 amide bonds.